The van der Waals surface area contributed by atoms with Crippen LogP contribution < -0.4 is 5.32 Å². The number of nitrogens with zero attached hydrogens (tertiary/aromatic N) is 4. The Hall–Kier alpha value is -2.64. The maximum atomic E-state index is 12.5. The first-order valence-corrected chi connectivity index (χ1v) is 9.83. The van der Waals surface area contributed by atoms with Crippen molar-refractivity contribution >= 4 is 22.9 Å². The summed E-state index contributed by atoms with van der Waals surface area (Å²) in [7, 11) is 0. The molecule has 0 radical (unpaired) electrons. The third-order valence-electron chi connectivity index (χ3n) is 4.02. The van der Waals surface area contributed by atoms with Crippen molar-refractivity contribution in [2.75, 3.05) is 18.4 Å². The number of benzene rings is 1. The molecule has 0 fully saturated rings. The molecule has 0 unspecified atom stereocenters. The van der Waals surface area contributed by atoms with Gasteiger partial charge in [0, 0.05) is 30.0 Å². The van der Waals surface area contributed by atoms with Crippen molar-refractivity contribution in [2.24, 2.45) is 0 Å². The quantitative estimate of drug-likeness (QED) is 0.643. The topological polar surface area (TPSA) is 71.0 Å². The molecule has 2 heterocycles. The molecule has 27 heavy (non-hydrogen) atoms. The molecular formula is C20H23N5OS. The van der Waals surface area contributed by atoms with Gasteiger partial charge in [-0.1, -0.05) is 25.1 Å². The van der Waals surface area contributed by atoms with Crippen LogP contribution in [0.25, 0.3) is 10.8 Å². The first kappa shape index (κ1) is 19.1. The molecule has 0 saturated carbocycles. The van der Waals surface area contributed by atoms with Crippen LogP contribution in [0.15, 0.2) is 48.1 Å². The fourth-order valence-corrected chi connectivity index (χ4v) is 3.51. The number of hydrogen-bond donors (Lipinski definition) is 1. The molecule has 3 rings (SSSR count). The third kappa shape index (κ3) is 5.42. The molecule has 0 saturated heterocycles. The predicted molar refractivity (Wildman–Crippen MR) is 109 cm³/mol. The highest BCUT2D eigenvalue weighted by molar-refractivity contribution is 7.13. The summed E-state index contributed by atoms with van der Waals surface area (Å²) in [5.74, 6) is 0.618. The molecule has 3 aromatic rings. The van der Waals surface area contributed by atoms with Gasteiger partial charge in [-0.2, -0.15) is 0 Å². The zero-order valence-corrected chi connectivity index (χ0v) is 16.4. The summed E-state index contributed by atoms with van der Waals surface area (Å²) in [6.07, 6.45) is 4.39. The Morgan fingerprint density at radius 2 is 1.96 bits per heavy atom. The first-order valence-electron chi connectivity index (χ1n) is 8.95. The van der Waals surface area contributed by atoms with E-state index in [2.05, 4.69) is 32.1 Å². The summed E-state index contributed by atoms with van der Waals surface area (Å²) < 4.78 is 0. The summed E-state index contributed by atoms with van der Waals surface area (Å²) in [6, 6.07) is 9.58. The summed E-state index contributed by atoms with van der Waals surface area (Å²) in [5.41, 5.74) is 2.84. The SMILES string of the molecule is CCCN(CC(=O)Nc1ccccc1C)Cc1csc(-c2ncccn2)n1. The fourth-order valence-electron chi connectivity index (χ4n) is 2.76. The van der Waals surface area contributed by atoms with Gasteiger partial charge < -0.3 is 5.32 Å². The second kappa shape index (κ2) is 9.34. The number of amides is 1. The largest absolute Gasteiger partial charge is 0.325 e. The molecule has 0 aliphatic carbocycles. The number of rotatable bonds is 8. The molecule has 7 heteroatoms. The van der Waals surface area contributed by atoms with Gasteiger partial charge in [-0.15, -0.1) is 11.3 Å². The smallest absolute Gasteiger partial charge is 0.238 e. The summed E-state index contributed by atoms with van der Waals surface area (Å²) in [5, 5.41) is 5.80. The van der Waals surface area contributed by atoms with Gasteiger partial charge in [0.1, 0.15) is 0 Å². The molecule has 0 bridgehead atoms. The Balaban J connectivity index is 1.63. The highest BCUT2D eigenvalue weighted by Gasteiger charge is 2.14. The van der Waals surface area contributed by atoms with Crippen molar-refractivity contribution in [1.29, 1.82) is 0 Å². The second-order valence-electron chi connectivity index (χ2n) is 6.29. The van der Waals surface area contributed by atoms with E-state index in [4.69, 9.17) is 0 Å². The highest BCUT2D eigenvalue weighted by atomic mass is 32.1. The van der Waals surface area contributed by atoms with Gasteiger partial charge in [-0.3, -0.25) is 9.69 Å². The van der Waals surface area contributed by atoms with Crippen LogP contribution >= 0.6 is 11.3 Å². The predicted octanol–water partition coefficient (Wildman–Crippen LogP) is 3.76. The number of nitrogens with one attached hydrogen (secondary N) is 1. The lowest BCUT2D eigenvalue weighted by Crippen LogP contribution is -2.33. The Labute approximate surface area is 163 Å². The van der Waals surface area contributed by atoms with Crippen LogP contribution in [0.1, 0.15) is 24.6 Å². The van der Waals surface area contributed by atoms with Gasteiger partial charge in [0.15, 0.2) is 10.8 Å². The summed E-state index contributed by atoms with van der Waals surface area (Å²) in [4.78, 5) is 27.7. The average Bonchev–Trinajstić information content (AvgIpc) is 3.13. The standard InChI is InChI=1S/C20H23N5OS/c1-3-11-25(13-18(26)24-17-8-5-4-7-15(17)2)12-16-14-27-20(23-16)19-21-9-6-10-22-19/h4-10,14H,3,11-13H2,1-2H3,(H,24,26). The van der Waals surface area contributed by atoms with Crippen molar-refractivity contribution in [3.8, 4) is 10.8 Å². The van der Waals surface area contributed by atoms with Gasteiger partial charge in [-0.25, -0.2) is 15.0 Å². The number of aromatic nitrogens is 3. The molecule has 0 aliphatic heterocycles. The summed E-state index contributed by atoms with van der Waals surface area (Å²) >= 11 is 1.52. The average molecular weight is 382 g/mol. The summed E-state index contributed by atoms with van der Waals surface area (Å²) in [6.45, 7) is 5.88. The molecule has 6 nitrogen and oxygen atoms in total. The zero-order valence-electron chi connectivity index (χ0n) is 15.6. The lowest BCUT2D eigenvalue weighted by molar-refractivity contribution is -0.117. The number of carbonyl (C=O) groups excluding carboxylic acids is 1. The van der Waals surface area contributed by atoms with Crippen LogP contribution in [-0.4, -0.2) is 38.8 Å². The lowest BCUT2D eigenvalue weighted by Gasteiger charge is -2.20. The van der Waals surface area contributed by atoms with Crippen LogP contribution in [-0.2, 0) is 11.3 Å². The van der Waals surface area contributed by atoms with Gasteiger partial charge in [0.25, 0.3) is 0 Å². The number of anilines is 1. The maximum absolute atomic E-state index is 12.5. The van der Waals surface area contributed by atoms with Crippen molar-refractivity contribution in [1.82, 2.24) is 19.9 Å². The number of aryl methyl sites for hydroxylation is 1. The molecule has 1 N–H and O–H groups in total. The Kier molecular flexibility index (Phi) is 6.62. The van der Waals surface area contributed by atoms with Crippen molar-refractivity contribution in [3.63, 3.8) is 0 Å². The Morgan fingerprint density at radius 3 is 2.70 bits per heavy atom. The van der Waals surface area contributed by atoms with E-state index < -0.39 is 0 Å². The minimum Gasteiger partial charge on any atom is -0.325 e. The van der Waals surface area contributed by atoms with E-state index in [9.17, 15) is 4.79 Å². The fraction of sp³-hybridized carbons (Fsp3) is 0.300. The van der Waals surface area contributed by atoms with E-state index in [1.54, 1.807) is 18.5 Å². The molecule has 1 amide bonds. The van der Waals surface area contributed by atoms with Crippen molar-refractivity contribution in [2.45, 2.75) is 26.8 Å². The molecule has 0 aliphatic rings. The third-order valence-corrected chi connectivity index (χ3v) is 4.91. The van der Waals surface area contributed by atoms with Crippen LogP contribution in [0, 0.1) is 6.92 Å². The van der Waals surface area contributed by atoms with Gasteiger partial charge >= 0.3 is 0 Å². The maximum Gasteiger partial charge on any atom is 0.238 e. The van der Waals surface area contributed by atoms with Crippen molar-refractivity contribution in [3.05, 3.63) is 59.4 Å². The van der Waals surface area contributed by atoms with E-state index >= 15 is 0 Å². The van der Waals surface area contributed by atoms with Crippen LogP contribution in [0.3, 0.4) is 0 Å². The van der Waals surface area contributed by atoms with E-state index in [1.165, 1.54) is 11.3 Å². The van der Waals surface area contributed by atoms with Crippen LogP contribution in [0.5, 0.6) is 0 Å². The van der Waals surface area contributed by atoms with Gasteiger partial charge in [-0.05, 0) is 37.6 Å². The van der Waals surface area contributed by atoms with Crippen LogP contribution in [0.2, 0.25) is 0 Å². The second-order valence-corrected chi connectivity index (χ2v) is 7.15. The molecular weight excluding hydrogens is 358 g/mol. The molecule has 1 aromatic carbocycles. The molecule has 140 valence electrons. The molecule has 0 atom stereocenters. The van der Waals surface area contributed by atoms with Crippen LogP contribution in [0.4, 0.5) is 5.69 Å². The number of thiazole rings is 1. The van der Waals surface area contributed by atoms with Gasteiger partial charge in [0.2, 0.25) is 5.91 Å². The van der Waals surface area contributed by atoms with Gasteiger partial charge in [0.05, 0.1) is 12.2 Å². The number of carbonyl (C=O) groups is 1. The Bertz CT molecular complexity index is 881. The van der Waals surface area contributed by atoms with E-state index in [0.29, 0.717) is 18.9 Å². The first-order chi connectivity index (χ1) is 13.2. The minimum absolute atomic E-state index is 0.0143. The van der Waals surface area contributed by atoms with E-state index in [-0.39, 0.29) is 5.91 Å². The van der Waals surface area contributed by atoms with E-state index in [0.717, 1.165) is 34.9 Å². The normalized spacial score (nSPS) is 10.9. The number of para-hydroxylation sites is 1. The van der Waals surface area contributed by atoms with Crippen molar-refractivity contribution < 1.29 is 4.79 Å². The minimum atomic E-state index is -0.0143. The number of hydrogen-bond acceptors (Lipinski definition) is 6. The van der Waals surface area contributed by atoms with E-state index in [1.807, 2.05) is 36.6 Å². The monoisotopic (exact) mass is 381 g/mol. The molecule has 2 aromatic heterocycles. The molecule has 0 spiro atoms. The lowest BCUT2D eigenvalue weighted by atomic mass is 10.2. The zero-order chi connectivity index (χ0) is 19.1. The highest BCUT2D eigenvalue weighted by Crippen LogP contribution is 2.20. The Morgan fingerprint density at radius 1 is 1.19 bits per heavy atom.